The zero-order valence-corrected chi connectivity index (χ0v) is 13.3. The van der Waals surface area contributed by atoms with Gasteiger partial charge in [0.1, 0.15) is 11.6 Å². The van der Waals surface area contributed by atoms with Crippen molar-refractivity contribution in [2.75, 3.05) is 23.3 Å². The van der Waals surface area contributed by atoms with Crippen LogP contribution in [0.2, 0.25) is 0 Å². The van der Waals surface area contributed by atoms with E-state index in [1.54, 1.807) is 0 Å². The average Bonchev–Trinajstić information content (AvgIpc) is 2.58. The second-order valence-corrected chi connectivity index (χ2v) is 5.93. The molecule has 1 aliphatic rings. The summed E-state index contributed by atoms with van der Waals surface area (Å²) in [6.45, 7) is 3.15. The van der Waals surface area contributed by atoms with Crippen molar-refractivity contribution in [3.63, 3.8) is 0 Å². The molecule has 1 aliphatic heterocycles. The van der Waals surface area contributed by atoms with Gasteiger partial charge in [-0.2, -0.15) is 5.10 Å². The summed E-state index contributed by atoms with van der Waals surface area (Å²) in [4.78, 5) is 14.4. The molecule has 0 radical (unpaired) electrons. The Morgan fingerprint density at radius 3 is 2.79 bits per heavy atom. The van der Waals surface area contributed by atoms with Crippen molar-refractivity contribution in [3.05, 3.63) is 47.7 Å². The third-order valence-electron chi connectivity index (χ3n) is 4.09. The van der Waals surface area contributed by atoms with Crippen molar-refractivity contribution in [2.24, 2.45) is 5.92 Å². The molecule has 0 aliphatic carbocycles. The fourth-order valence-corrected chi connectivity index (χ4v) is 2.79. The van der Waals surface area contributed by atoms with Crippen LogP contribution >= 0.6 is 0 Å². The Morgan fingerprint density at radius 2 is 2.08 bits per heavy atom. The van der Waals surface area contributed by atoms with E-state index in [1.165, 1.54) is 6.07 Å². The number of rotatable bonds is 3. The zero-order valence-electron chi connectivity index (χ0n) is 13.3. The van der Waals surface area contributed by atoms with Gasteiger partial charge < -0.3 is 10.2 Å². The lowest BCUT2D eigenvalue weighted by Crippen LogP contribution is -2.41. The molecule has 5 nitrogen and oxygen atoms in total. The summed E-state index contributed by atoms with van der Waals surface area (Å²) in [6, 6.07) is 6.86. The number of halogens is 2. The summed E-state index contributed by atoms with van der Waals surface area (Å²) >= 11 is 0. The summed E-state index contributed by atoms with van der Waals surface area (Å²) < 4.78 is 26.6. The minimum atomic E-state index is -0.777. The Bertz CT molecular complexity index is 736. The first-order chi connectivity index (χ1) is 11.5. The standard InChI is InChI=1S/C17H18F2N4O/c1-11-4-7-16(22-21-11)23-8-2-3-12(10-23)17(24)20-15-6-5-13(18)9-14(15)19/h4-7,9,12H,2-3,8,10H2,1H3,(H,20,24). The Morgan fingerprint density at radius 1 is 1.25 bits per heavy atom. The van der Waals surface area contributed by atoms with Gasteiger partial charge in [-0.3, -0.25) is 4.79 Å². The Kier molecular flexibility index (Phi) is 4.69. The molecule has 1 fully saturated rings. The van der Waals surface area contributed by atoms with Gasteiger partial charge in [-0.1, -0.05) is 0 Å². The van der Waals surface area contributed by atoms with Crippen LogP contribution in [-0.2, 0) is 4.79 Å². The second kappa shape index (κ2) is 6.90. The van der Waals surface area contributed by atoms with E-state index >= 15 is 0 Å². The molecule has 126 valence electrons. The third-order valence-corrected chi connectivity index (χ3v) is 4.09. The van der Waals surface area contributed by atoms with Gasteiger partial charge in [0.15, 0.2) is 5.82 Å². The number of anilines is 2. The molecule has 1 atom stereocenters. The molecule has 24 heavy (non-hydrogen) atoms. The lowest BCUT2D eigenvalue weighted by Gasteiger charge is -2.32. The maximum absolute atomic E-state index is 13.7. The smallest absolute Gasteiger partial charge is 0.229 e. The number of hydrogen-bond donors (Lipinski definition) is 1. The molecule has 1 unspecified atom stereocenters. The fraction of sp³-hybridized carbons (Fsp3) is 0.353. The van der Waals surface area contributed by atoms with E-state index in [4.69, 9.17) is 0 Å². The van der Waals surface area contributed by atoms with E-state index in [0.717, 1.165) is 36.6 Å². The van der Waals surface area contributed by atoms with E-state index in [1.807, 2.05) is 24.0 Å². The minimum absolute atomic E-state index is 0.00588. The van der Waals surface area contributed by atoms with Gasteiger partial charge >= 0.3 is 0 Å². The highest BCUT2D eigenvalue weighted by Crippen LogP contribution is 2.23. The third kappa shape index (κ3) is 3.67. The van der Waals surface area contributed by atoms with Gasteiger partial charge in [0.25, 0.3) is 0 Å². The first-order valence-corrected chi connectivity index (χ1v) is 7.84. The van der Waals surface area contributed by atoms with E-state index in [9.17, 15) is 13.6 Å². The van der Waals surface area contributed by atoms with Crippen LogP contribution < -0.4 is 10.2 Å². The van der Waals surface area contributed by atoms with Crippen LogP contribution in [0.5, 0.6) is 0 Å². The van der Waals surface area contributed by atoms with E-state index < -0.39 is 11.6 Å². The molecule has 0 saturated carbocycles. The van der Waals surface area contributed by atoms with Crippen LogP contribution in [0.1, 0.15) is 18.5 Å². The predicted molar refractivity (Wildman–Crippen MR) is 86.7 cm³/mol. The van der Waals surface area contributed by atoms with Crippen molar-refractivity contribution in [1.29, 1.82) is 0 Å². The van der Waals surface area contributed by atoms with Crippen LogP contribution in [0, 0.1) is 24.5 Å². The van der Waals surface area contributed by atoms with Crippen LogP contribution in [0.4, 0.5) is 20.3 Å². The highest BCUT2D eigenvalue weighted by atomic mass is 19.1. The number of piperidine rings is 1. The molecule has 1 saturated heterocycles. The second-order valence-electron chi connectivity index (χ2n) is 5.93. The average molecular weight is 332 g/mol. The SMILES string of the molecule is Cc1ccc(N2CCCC(C(=O)Nc3ccc(F)cc3F)C2)nn1. The van der Waals surface area contributed by atoms with Gasteiger partial charge in [0.2, 0.25) is 5.91 Å². The van der Waals surface area contributed by atoms with Gasteiger partial charge in [0, 0.05) is 19.2 Å². The summed E-state index contributed by atoms with van der Waals surface area (Å²) in [5, 5.41) is 10.7. The van der Waals surface area contributed by atoms with Crippen LogP contribution in [0.15, 0.2) is 30.3 Å². The number of carbonyl (C=O) groups excluding carboxylic acids is 1. The minimum Gasteiger partial charge on any atom is -0.354 e. The van der Waals surface area contributed by atoms with Crippen LogP contribution in [-0.4, -0.2) is 29.2 Å². The van der Waals surface area contributed by atoms with Crippen LogP contribution in [0.25, 0.3) is 0 Å². The molecule has 3 rings (SSSR count). The van der Waals surface area contributed by atoms with Gasteiger partial charge in [0.05, 0.1) is 17.3 Å². The number of carbonyl (C=O) groups is 1. The number of aromatic nitrogens is 2. The maximum Gasteiger partial charge on any atom is 0.229 e. The number of benzene rings is 1. The number of nitrogens with zero attached hydrogens (tertiary/aromatic N) is 3. The Hall–Kier alpha value is -2.57. The zero-order chi connectivity index (χ0) is 17.1. The van der Waals surface area contributed by atoms with E-state index in [0.29, 0.717) is 13.0 Å². The van der Waals surface area contributed by atoms with E-state index in [-0.39, 0.29) is 17.5 Å². The summed E-state index contributed by atoms with van der Waals surface area (Å²) in [7, 11) is 0. The topological polar surface area (TPSA) is 58.1 Å². The first-order valence-electron chi connectivity index (χ1n) is 7.84. The highest BCUT2D eigenvalue weighted by Gasteiger charge is 2.27. The Balaban J connectivity index is 1.67. The van der Waals surface area contributed by atoms with Crippen molar-refractivity contribution in [2.45, 2.75) is 19.8 Å². The monoisotopic (exact) mass is 332 g/mol. The highest BCUT2D eigenvalue weighted by molar-refractivity contribution is 5.93. The molecule has 1 N–H and O–H groups in total. The molecule has 1 amide bonds. The number of aryl methyl sites for hydroxylation is 1. The molecular formula is C17H18F2N4O. The number of hydrogen-bond acceptors (Lipinski definition) is 4. The Labute approximate surface area is 138 Å². The molecule has 7 heteroatoms. The van der Waals surface area contributed by atoms with Gasteiger partial charge in [-0.05, 0) is 44.0 Å². The molecule has 0 bridgehead atoms. The quantitative estimate of drug-likeness (QED) is 0.939. The van der Waals surface area contributed by atoms with Crippen molar-refractivity contribution in [1.82, 2.24) is 10.2 Å². The van der Waals surface area contributed by atoms with E-state index in [2.05, 4.69) is 15.5 Å². The molecule has 1 aromatic heterocycles. The number of nitrogens with one attached hydrogen (secondary N) is 1. The molecule has 0 spiro atoms. The van der Waals surface area contributed by atoms with Crippen molar-refractivity contribution in [3.8, 4) is 0 Å². The maximum atomic E-state index is 13.7. The van der Waals surface area contributed by atoms with Crippen LogP contribution in [0.3, 0.4) is 0 Å². The largest absolute Gasteiger partial charge is 0.354 e. The molecule has 1 aromatic carbocycles. The normalized spacial score (nSPS) is 17.6. The summed E-state index contributed by atoms with van der Waals surface area (Å²) in [6.07, 6.45) is 1.55. The summed E-state index contributed by atoms with van der Waals surface area (Å²) in [5.41, 5.74) is 0.825. The van der Waals surface area contributed by atoms with Gasteiger partial charge in [-0.15, -0.1) is 5.10 Å². The molecule has 2 heterocycles. The van der Waals surface area contributed by atoms with Crippen molar-refractivity contribution < 1.29 is 13.6 Å². The predicted octanol–water partition coefficient (Wildman–Crippen LogP) is 2.92. The molecular weight excluding hydrogens is 314 g/mol. The first kappa shape index (κ1) is 16.3. The molecule has 2 aromatic rings. The fourth-order valence-electron chi connectivity index (χ4n) is 2.79. The lowest BCUT2D eigenvalue weighted by molar-refractivity contribution is -0.120. The van der Waals surface area contributed by atoms with Gasteiger partial charge in [-0.25, -0.2) is 8.78 Å². The summed E-state index contributed by atoms with van der Waals surface area (Å²) in [5.74, 6) is -1.28. The number of amides is 1. The lowest BCUT2D eigenvalue weighted by atomic mass is 9.97. The van der Waals surface area contributed by atoms with Crippen molar-refractivity contribution >= 4 is 17.4 Å².